The van der Waals surface area contributed by atoms with Crippen molar-refractivity contribution < 1.29 is 5.21 Å². The summed E-state index contributed by atoms with van der Waals surface area (Å²) in [5.41, 5.74) is 2.28. The smallest absolute Gasteiger partial charge is 0.0745 e. The molecule has 1 N–H and O–H groups in total. The number of hydrogen-bond donors (Lipinski definition) is 1. The highest BCUT2D eigenvalue weighted by Crippen LogP contribution is 2.33. The van der Waals surface area contributed by atoms with Crippen molar-refractivity contribution in [2.45, 2.75) is 39.0 Å². The van der Waals surface area contributed by atoms with E-state index in [4.69, 9.17) is 0 Å². The Kier molecular flexibility index (Phi) is 4.09. The standard InChI is InChI=1S/C14H21N2O2/c1-11(2)12-6-7-13(14(10-12)16(17)18)15-8-4-3-5-9-15/h6-7,10-11,17H,3-5,8-9H2,1-2H3/q-1. The van der Waals surface area contributed by atoms with E-state index < -0.39 is 0 Å². The van der Waals surface area contributed by atoms with Crippen LogP contribution in [-0.4, -0.2) is 18.3 Å². The van der Waals surface area contributed by atoms with Crippen molar-refractivity contribution in [1.82, 2.24) is 0 Å². The lowest BCUT2D eigenvalue weighted by Crippen LogP contribution is -2.30. The van der Waals surface area contributed by atoms with E-state index in [1.54, 1.807) is 6.07 Å². The molecule has 0 spiro atoms. The van der Waals surface area contributed by atoms with Crippen LogP contribution in [0.3, 0.4) is 0 Å². The minimum absolute atomic E-state index is 0.00415. The highest BCUT2D eigenvalue weighted by molar-refractivity contribution is 5.71. The molecule has 1 aliphatic rings. The number of nitrogens with zero attached hydrogens (tertiary/aromatic N) is 2. The molecule has 0 amide bonds. The molecule has 1 aliphatic heterocycles. The summed E-state index contributed by atoms with van der Waals surface area (Å²) in [6.45, 7) is 6.07. The first-order valence-corrected chi connectivity index (χ1v) is 6.64. The van der Waals surface area contributed by atoms with Crippen molar-refractivity contribution in [3.63, 3.8) is 0 Å². The van der Waals surface area contributed by atoms with Crippen molar-refractivity contribution in [2.24, 2.45) is 0 Å². The summed E-state index contributed by atoms with van der Waals surface area (Å²) in [4.78, 5) is 2.18. The zero-order valence-corrected chi connectivity index (χ0v) is 11.1. The molecule has 0 unspecified atom stereocenters. The van der Waals surface area contributed by atoms with E-state index in [-0.39, 0.29) is 5.23 Å². The predicted molar refractivity (Wildman–Crippen MR) is 74.2 cm³/mol. The number of benzene rings is 1. The largest absolute Gasteiger partial charge is 0.733 e. The molecular formula is C14H21N2O2-. The van der Waals surface area contributed by atoms with Gasteiger partial charge in [0.1, 0.15) is 0 Å². The molecule has 2 rings (SSSR count). The van der Waals surface area contributed by atoms with Gasteiger partial charge in [-0.3, -0.25) is 5.21 Å². The lowest BCUT2D eigenvalue weighted by molar-refractivity contribution is 0.296. The van der Waals surface area contributed by atoms with Gasteiger partial charge in [-0.1, -0.05) is 19.9 Å². The van der Waals surface area contributed by atoms with Crippen molar-refractivity contribution in [3.05, 3.63) is 29.0 Å². The number of rotatable bonds is 3. The molecular weight excluding hydrogens is 228 g/mol. The Labute approximate surface area is 108 Å². The summed E-state index contributed by atoms with van der Waals surface area (Å²) < 4.78 is 0. The van der Waals surface area contributed by atoms with Crippen molar-refractivity contribution >= 4 is 11.4 Å². The summed E-state index contributed by atoms with van der Waals surface area (Å²) in [6.07, 6.45) is 3.54. The van der Waals surface area contributed by atoms with E-state index in [2.05, 4.69) is 18.7 Å². The minimum atomic E-state index is -0.00415. The van der Waals surface area contributed by atoms with E-state index in [1.165, 1.54) is 6.42 Å². The van der Waals surface area contributed by atoms with Gasteiger partial charge in [0.2, 0.25) is 0 Å². The van der Waals surface area contributed by atoms with Crippen LogP contribution in [-0.2, 0) is 0 Å². The maximum absolute atomic E-state index is 11.3. The van der Waals surface area contributed by atoms with E-state index >= 15 is 0 Å². The van der Waals surface area contributed by atoms with Crippen LogP contribution in [0.5, 0.6) is 0 Å². The van der Waals surface area contributed by atoms with Crippen molar-refractivity contribution in [2.75, 3.05) is 23.2 Å². The van der Waals surface area contributed by atoms with Crippen molar-refractivity contribution in [1.29, 1.82) is 0 Å². The lowest BCUT2D eigenvalue weighted by Gasteiger charge is -2.34. The van der Waals surface area contributed by atoms with E-state index in [1.807, 2.05) is 12.1 Å². The molecule has 0 saturated carbocycles. The molecule has 1 aromatic carbocycles. The SMILES string of the molecule is CC(C)c1ccc(N2CCCCC2)c(N([O-])O)c1. The molecule has 1 saturated heterocycles. The summed E-state index contributed by atoms with van der Waals surface area (Å²) in [5.74, 6) is 0.346. The van der Waals surface area contributed by atoms with Crippen LogP contribution in [0.25, 0.3) is 0 Å². The molecule has 0 aliphatic carbocycles. The monoisotopic (exact) mass is 249 g/mol. The molecule has 0 aromatic heterocycles. The summed E-state index contributed by atoms with van der Waals surface area (Å²) in [5, 5.41) is 20.6. The third-order valence-corrected chi connectivity index (χ3v) is 3.57. The van der Waals surface area contributed by atoms with E-state index in [9.17, 15) is 10.4 Å². The second-order valence-electron chi connectivity index (χ2n) is 5.22. The molecule has 1 heterocycles. The highest BCUT2D eigenvalue weighted by atomic mass is 16.8. The lowest BCUT2D eigenvalue weighted by atomic mass is 10.0. The molecule has 4 nitrogen and oxygen atoms in total. The molecule has 0 radical (unpaired) electrons. The minimum Gasteiger partial charge on any atom is -0.733 e. The van der Waals surface area contributed by atoms with Gasteiger partial charge in [0.15, 0.2) is 0 Å². The van der Waals surface area contributed by atoms with Gasteiger partial charge in [-0.2, -0.15) is 0 Å². The fourth-order valence-corrected chi connectivity index (χ4v) is 2.46. The second kappa shape index (κ2) is 5.59. The fourth-order valence-electron chi connectivity index (χ4n) is 2.46. The number of hydrogen-bond acceptors (Lipinski definition) is 4. The Hall–Kier alpha value is -1.26. The maximum atomic E-state index is 11.3. The molecule has 18 heavy (non-hydrogen) atoms. The molecule has 0 bridgehead atoms. The Morgan fingerprint density at radius 1 is 1.22 bits per heavy atom. The summed E-state index contributed by atoms with van der Waals surface area (Å²) in [6, 6.07) is 5.79. The van der Waals surface area contributed by atoms with Crippen molar-refractivity contribution in [3.8, 4) is 0 Å². The van der Waals surface area contributed by atoms with Gasteiger partial charge >= 0.3 is 0 Å². The molecule has 100 valence electrons. The normalized spacial score (nSPS) is 16.2. The zero-order valence-electron chi connectivity index (χ0n) is 11.1. The summed E-state index contributed by atoms with van der Waals surface area (Å²) in [7, 11) is 0. The van der Waals surface area contributed by atoms with Crippen LogP contribution in [0, 0.1) is 5.21 Å². The topological polar surface area (TPSA) is 49.8 Å². The third-order valence-electron chi connectivity index (χ3n) is 3.57. The Morgan fingerprint density at radius 2 is 1.89 bits per heavy atom. The number of piperidine rings is 1. The van der Waals surface area contributed by atoms with Gasteiger partial charge < -0.3 is 15.3 Å². The first kappa shape index (κ1) is 13.2. The van der Waals surface area contributed by atoms with E-state index in [0.29, 0.717) is 11.6 Å². The average Bonchev–Trinajstić information content (AvgIpc) is 2.39. The average molecular weight is 249 g/mol. The molecule has 1 aromatic rings. The molecule has 4 heteroatoms. The first-order chi connectivity index (χ1) is 8.59. The van der Waals surface area contributed by atoms with Crippen LogP contribution in [0.2, 0.25) is 0 Å². The van der Waals surface area contributed by atoms with Gasteiger partial charge in [-0.25, -0.2) is 0 Å². The third kappa shape index (κ3) is 2.76. The quantitative estimate of drug-likeness (QED) is 0.833. The van der Waals surface area contributed by atoms with Gasteiger partial charge in [-0.05, 0) is 42.9 Å². The van der Waals surface area contributed by atoms with Gasteiger partial charge in [0, 0.05) is 13.1 Å². The zero-order chi connectivity index (χ0) is 13.1. The predicted octanol–water partition coefficient (Wildman–Crippen LogP) is 3.49. The highest BCUT2D eigenvalue weighted by Gasteiger charge is 2.16. The van der Waals surface area contributed by atoms with Crippen LogP contribution in [0.4, 0.5) is 11.4 Å². The first-order valence-electron chi connectivity index (χ1n) is 6.64. The van der Waals surface area contributed by atoms with E-state index in [0.717, 1.165) is 37.2 Å². The van der Waals surface area contributed by atoms with Crippen LogP contribution >= 0.6 is 0 Å². The Balaban J connectivity index is 2.33. The molecule has 1 fully saturated rings. The van der Waals surface area contributed by atoms with Gasteiger partial charge in [0.05, 0.1) is 11.4 Å². The van der Waals surface area contributed by atoms with Gasteiger partial charge in [-0.15, -0.1) is 0 Å². The van der Waals surface area contributed by atoms with Crippen LogP contribution in [0.15, 0.2) is 18.2 Å². The second-order valence-corrected chi connectivity index (χ2v) is 5.22. The van der Waals surface area contributed by atoms with Crippen LogP contribution in [0.1, 0.15) is 44.6 Å². The fraction of sp³-hybridized carbons (Fsp3) is 0.571. The maximum Gasteiger partial charge on any atom is 0.0745 e. The Morgan fingerprint density at radius 3 is 2.44 bits per heavy atom. The molecule has 0 atom stereocenters. The summed E-state index contributed by atoms with van der Waals surface area (Å²) >= 11 is 0. The van der Waals surface area contributed by atoms with Gasteiger partial charge in [0.25, 0.3) is 0 Å². The van der Waals surface area contributed by atoms with Crippen LogP contribution < -0.4 is 10.1 Å². The Bertz CT molecular complexity index is 399. The number of anilines is 2.